The molecule has 2 heterocycles. The minimum absolute atomic E-state index is 1.02. The summed E-state index contributed by atoms with van der Waals surface area (Å²) in [6.07, 6.45) is 5.51. The quantitative estimate of drug-likeness (QED) is 0.445. The number of aromatic amines is 1. The first kappa shape index (κ1) is 18.5. The van der Waals surface area contributed by atoms with E-state index in [1.807, 2.05) is 17.7 Å². The lowest BCUT2D eigenvalue weighted by Gasteiger charge is -2.23. The Balaban J connectivity index is 1.73. The second-order valence-corrected chi connectivity index (χ2v) is 7.83. The number of aromatic nitrogens is 4. The van der Waals surface area contributed by atoms with Gasteiger partial charge >= 0.3 is 0 Å². The summed E-state index contributed by atoms with van der Waals surface area (Å²) < 4.78 is 3.01. The molecule has 6 heteroatoms. The maximum Gasteiger partial charge on any atom is 0.0992 e. The van der Waals surface area contributed by atoms with Gasteiger partial charge in [-0.05, 0) is 72.1 Å². The summed E-state index contributed by atoms with van der Waals surface area (Å²) in [7, 11) is 2.10. The van der Waals surface area contributed by atoms with E-state index in [2.05, 4.69) is 93.3 Å². The molecule has 0 spiro atoms. The number of anilines is 2. The summed E-state index contributed by atoms with van der Waals surface area (Å²) in [6, 6.07) is 12.9. The molecule has 0 amide bonds. The zero-order valence-corrected chi connectivity index (χ0v) is 17.9. The van der Waals surface area contributed by atoms with Crippen molar-refractivity contribution < 1.29 is 0 Å². The molecule has 0 saturated heterocycles. The predicted octanol–water partition coefficient (Wildman–Crippen LogP) is 5.72. The van der Waals surface area contributed by atoms with Gasteiger partial charge in [-0.3, -0.25) is 5.10 Å². The maximum absolute atomic E-state index is 4.34. The Labute approximate surface area is 173 Å². The average molecular weight is 436 g/mol. The van der Waals surface area contributed by atoms with Gasteiger partial charge < -0.3 is 9.47 Å². The Morgan fingerprint density at radius 3 is 2.54 bits per heavy atom. The fourth-order valence-corrected chi connectivity index (χ4v) is 4.13. The molecular formula is C22H22BrN5. The lowest BCUT2D eigenvalue weighted by Crippen LogP contribution is -2.11. The van der Waals surface area contributed by atoms with Gasteiger partial charge in [0, 0.05) is 46.5 Å². The van der Waals surface area contributed by atoms with Gasteiger partial charge in [-0.1, -0.05) is 12.1 Å². The van der Waals surface area contributed by atoms with Crippen LogP contribution in [0.3, 0.4) is 0 Å². The minimum atomic E-state index is 1.02. The molecule has 0 radical (unpaired) electrons. The third-order valence-corrected chi connectivity index (χ3v) is 5.72. The normalized spacial score (nSPS) is 11.0. The van der Waals surface area contributed by atoms with Crippen LogP contribution in [-0.2, 0) is 0 Å². The van der Waals surface area contributed by atoms with Crippen LogP contribution in [0.2, 0.25) is 0 Å². The van der Waals surface area contributed by atoms with E-state index in [1.165, 1.54) is 22.4 Å². The summed E-state index contributed by atoms with van der Waals surface area (Å²) >= 11 is 3.71. The SMILES string of the molecule is Cc1ccc(-c2c(C)n[nH]c2C)cc1N(C)c1ccc(-n2ccnc2)c(Br)c1. The van der Waals surface area contributed by atoms with Crippen molar-refractivity contribution >= 4 is 27.3 Å². The Kier molecular flexibility index (Phi) is 4.81. The second kappa shape index (κ2) is 7.28. The van der Waals surface area contributed by atoms with Gasteiger partial charge in [0.2, 0.25) is 0 Å². The van der Waals surface area contributed by atoms with Crippen molar-refractivity contribution in [3.8, 4) is 16.8 Å². The molecule has 4 aromatic rings. The van der Waals surface area contributed by atoms with Gasteiger partial charge in [0.1, 0.15) is 0 Å². The van der Waals surface area contributed by atoms with E-state index in [0.29, 0.717) is 0 Å². The van der Waals surface area contributed by atoms with Crippen molar-refractivity contribution in [1.29, 1.82) is 0 Å². The molecule has 0 aliphatic heterocycles. The molecule has 0 aliphatic carbocycles. The smallest absolute Gasteiger partial charge is 0.0992 e. The van der Waals surface area contributed by atoms with Crippen molar-refractivity contribution in [3.05, 3.63) is 76.5 Å². The van der Waals surface area contributed by atoms with Crippen molar-refractivity contribution in [2.75, 3.05) is 11.9 Å². The molecular weight excluding hydrogens is 414 g/mol. The standard InChI is InChI=1S/C22H22BrN5/c1-14-5-6-17(22-15(2)25-26-16(22)3)11-21(14)27(4)18-7-8-20(19(23)12-18)28-10-9-24-13-28/h5-13H,1-4H3,(H,25,26). The molecule has 0 bridgehead atoms. The second-order valence-electron chi connectivity index (χ2n) is 6.97. The maximum atomic E-state index is 4.34. The van der Waals surface area contributed by atoms with Crippen LogP contribution in [0, 0.1) is 20.8 Å². The number of halogens is 1. The van der Waals surface area contributed by atoms with Crippen molar-refractivity contribution in [2.45, 2.75) is 20.8 Å². The predicted molar refractivity (Wildman–Crippen MR) is 118 cm³/mol. The van der Waals surface area contributed by atoms with Gasteiger partial charge in [-0.15, -0.1) is 0 Å². The lowest BCUT2D eigenvalue weighted by molar-refractivity contribution is 1.02. The highest BCUT2D eigenvalue weighted by Gasteiger charge is 2.14. The van der Waals surface area contributed by atoms with Crippen LogP contribution < -0.4 is 4.90 Å². The molecule has 0 unspecified atom stereocenters. The molecule has 1 N–H and O–H groups in total. The fourth-order valence-electron chi connectivity index (χ4n) is 3.56. The Bertz CT molecular complexity index is 1110. The van der Waals surface area contributed by atoms with E-state index in [1.54, 1.807) is 12.5 Å². The topological polar surface area (TPSA) is 49.7 Å². The highest BCUT2D eigenvalue weighted by molar-refractivity contribution is 9.10. The molecule has 0 saturated carbocycles. The molecule has 28 heavy (non-hydrogen) atoms. The largest absolute Gasteiger partial charge is 0.344 e. The zero-order chi connectivity index (χ0) is 19.8. The van der Waals surface area contributed by atoms with Crippen LogP contribution in [0.1, 0.15) is 17.0 Å². The summed E-state index contributed by atoms with van der Waals surface area (Å²) in [5.41, 5.74) is 9.00. The van der Waals surface area contributed by atoms with Crippen molar-refractivity contribution in [1.82, 2.24) is 19.7 Å². The number of imidazole rings is 1. The van der Waals surface area contributed by atoms with E-state index < -0.39 is 0 Å². The summed E-state index contributed by atoms with van der Waals surface area (Å²) in [5.74, 6) is 0. The third-order valence-electron chi connectivity index (χ3n) is 5.09. The number of hydrogen-bond donors (Lipinski definition) is 1. The molecule has 5 nitrogen and oxygen atoms in total. The highest BCUT2D eigenvalue weighted by atomic mass is 79.9. The van der Waals surface area contributed by atoms with E-state index in [9.17, 15) is 0 Å². The van der Waals surface area contributed by atoms with Crippen LogP contribution >= 0.6 is 15.9 Å². The van der Waals surface area contributed by atoms with Crippen LogP contribution in [0.5, 0.6) is 0 Å². The fraction of sp³-hybridized carbons (Fsp3) is 0.182. The number of aryl methyl sites for hydroxylation is 3. The lowest BCUT2D eigenvalue weighted by atomic mass is 10.0. The first-order chi connectivity index (χ1) is 13.5. The van der Waals surface area contributed by atoms with E-state index >= 15 is 0 Å². The number of nitrogens with one attached hydrogen (secondary N) is 1. The monoisotopic (exact) mass is 435 g/mol. The summed E-state index contributed by atoms with van der Waals surface area (Å²) in [6.45, 7) is 6.23. The number of nitrogens with zero attached hydrogens (tertiary/aromatic N) is 4. The first-order valence-electron chi connectivity index (χ1n) is 9.10. The zero-order valence-electron chi connectivity index (χ0n) is 16.4. The molecule has 0 atom stereocenters. The Morgan fingerprint density at radius 1 is 1.07 bits per heavy atom. The average Bonchev–Trinajstić information content (AvgIpc) is 3.32. The van der Waals surface area contributed by atoms with Gasteiger partial charge in [-0.25, -0.2) is 4.98 Å². The molecule has 0 fully saturated rings. The van der Waals surface area contributed by atoms with E-state index in [0.717, 1.165) is 27.2 Å². The Morgan fingerprint density at radius 2 is 1.89 bits per heavy atom. The number of hydrogen-bond acceptors (Lipinski definition) is 3. The molecule has 142 valence electrons. The van der Waals surface area contributed by atoms with Crippen LogP contribution in [-0.4, -0.2) is 26.8 Å². The summed E-state index contributed by atoms with van der Waals surface area (Å²) in [4.78, 5) is 6.34. The number of benzene rings is 2. The highest BCUT2D eigenvalue weighted by Crippen LogP contribution is 2.35. The van der Waals surface area contributed by atoms with Gasteiger partial charge in [0.25, 0.3) is 0 Å². The molecule has 4 rings (SSSR count). The van der Waals surface area contributed by atoms with E-state index in [4.69, 9.17) is 0 Å². The minimum Gasteiger partial charge on any atom is -0.344 e. The summed E-state index contributed by atoms with van der Waals surface area (Å²) in [5, 5.41) is 7.42. The van der Waals surface area contributed by atoms with Crippen molar-refractivity contribution in [3.63, 3.8) is 0 Å². The number of rotatable bonds is 4. The van der Waals surface area contributed by atoms with Crippen LogP contribution in [0.25, 0.3) is 16.8 Å². The first-order valence-corrected chi connectivity index (χ1v) is 9.89. The molecule has 2 aromatic heterocycles. The van der Waals surface area contributed by atoms with Crippen LogP contribution in [0.4, 0.5) is 11.4 Å². The Hall–Kier alpha value is -2.86. The molecule has 0 aliphatic rings. The van der Waals surface area contributed by atoms with E-state index in [-0.39, 0.29) is 0 Å². The molecule has 2 aromatic carbocycles. The number of H-pyrrole nitrogens is 1. The van der Waals surface area contributed by atoms with Gasteiger partial charge in [0.15, 0.2) is 0 Å². The van der Waals surface area contributed by atoms with Gasteiger partial charge in [0.05, 0.1) is 17.7 Å². The van der Waals surface area contributed by atoms with Crippen LogP contribution in [0.15, 0.2) is 59.6 Å². The van der Waals surface area contributed by atoms with Gasteiger partial charge in [-0.2, -0.15) is 5.10 Å². The third kappa shape index (κ3) is 3.24. The van der Waals surface area contributed by atoms with Crippen molar-refractivity contribution in [2.24, 2.45) is 0 Å².